The van der Waals surface area contributed by atoms with Gasteiger partial charge in [0.2, 0.25) is 0 Å². The van der Waals surface area contributed by atoms with E-state index in [1.165, 1.54) is 0 Å². The van der Waals surface area contributed by atoms with Gasteiger partial charge in [0.25, 0.3) is 5.22 Å². The Morgan fingerprint density at radius 1 is 1.44 bits per heavy atom. The van der Waals surface area contributed by atoms with Gasteiger partial charge in [-0.3, -0.25) is 0 Å². The lowest BCUT2D eigenvalue weighted by Gasteiger charge is -1.95. The molecule has 0 aromatic carbocycles. The Bertz CT molecular complexity index is 545. The van der Waals surface area contributed by atoms with Gasteiger partial charge in [0.15, 0.2) is 11.0 Å². The van der Waals surface area contributed by atoms with Gasteiger partial charge >= 0.3 is 11.9 Å². The third-order valence-electron chi connectivity index (χ3n) is 1.63. The van der Waals surface area contributed by atoms with E-state index in [-0.39, 0.29) is 22.9 Å². The highest BCUT2D eigenvalue weighted by molar-refractivity contribution is 7.98. The molecule has 0 fully saturated rings. The monoisotopic (exact) mass is 270 g/mol. The van der Waals surface area contributed by atoms with Crippen LogP contribution in [0.15, 0.2) is 27.2 Å². The molecule has 94 valence electrons. The molecule has 9 heteroatoms. The van der Waals surface area contributed by atoms with Crippen LogP contribution in [0.5, 0.6) is 0 Å². The molecule has 2 aromatic heterocycles. The van der Waals surface area contributed by atoms with Gasteiger partial charge in [-0.2, -0.15) is 0 Å². The van der Waals surface area contributed by atoms with Crippen molar-refractivity contribution in [3.63, 3.8) is 0 Å². The van der Waals surface area contributed by atoms with Crippen LogP contribution in [0, 0.1) is 5.82 Å². The van der Waals surface area contributed by atoms with Crippen molar-refractivity contribution >= 4 is 17.7 Å². The quantitative estimate of drug-likeness (QED) is 0.607. The molecule has 2 aromatic rings. The molecule has 0 bridgehead atoms. The number of hydrogen-bond donors (Lipinski definition) is 0. The highest BCUT2D eigenvalue weighted by Gasteiger charge is 2.17. The number of aromatic nitrogens is 4. The Morgan fingerprint density at radius 2 is 2.17 bits per heavy atom. The lowest BCUT2D eigenvalue weighted by molar-refractivity contribution is 0.0475. The van der Waals surface area contributed by atoms with Crippen molar-refractivity contribution in [2.24, 2.45) is 0 Å². The summed E-state index contributed by atoms with van der Waals surface area (Å²) in [7, 11) is 0. The Kier molecular flexibility index (Phi) is 3.82. The van der Waals surface area contributed by atoms with Crippen LogP contribution < -0.4 is 0 Å². The van der Waals surface area contributed by atoms with Crippen LogP contribution in [-0.2, 0) is 4.74 Å². The van der Waals surface area contributed by atoms with E-state index >= 15 is 0 Å². The van der Waals surface area contributed by atoms with Crippen LogP contribution >= 0.6 is 11.8 Å². The van der Waals surface area contributed by atoms with Crippen LogP contribution in [0.2, 0.25) is 0 Å². The summed E-state index contributed by atoms with van der Waals surface area (Å²) in [4.78, 5) is 18.6. The van der Waals surface area contributed by atoms with Gasteiger partial charge < -0.3 is 9.15 Å². The summed E-state index contributed by atoms with van der Waals surface area (Å²) in [6.45, 7) is 1.88. The van der Waals surface area contributed by atoms with E-state index in [0.29, 0.717) is 0 Å². The van der Waals surface area contributed by atoms with Crippen LogP contribution in [0.4, 0.5) is 4.39 Å². The van der Waals surface area contributed by atoms with Crippen molar-refractivity contribution in [1.29, 1.82) is 0 Å². The number of hydrogen-bond acceptors (Lipinski definition) is 8. The lowest BCUT2D eigenvalue weighted by atomic mass is 10.7. The number of carbonyl (C=O) groups is 1. The smallest absolute Gasteiger partial charge is 0.396 e. The Balaban J connectivity index is 2.06. The molecule has 2 rings (SSSR count). The molecule has 0 aliphatic heterocycles. The van der Waals surface area contributed by atoms with Crippen LogP contribution in [-0.4, -0.2) is 32.7 Å². The molecule has 0 radical (unpaired) electrons. The van der Waals surface area contributed by atoms with Gasteiger partial charge in [0.1, 0.15) is 0 Å². The first-order valence-electron chi connectivity index (χ1n) is 4.85. The molecular formula is C9H7FN4O3S. The second-order valence-corrected chi connectivity index (χ2v) is 3.80. The lowest BCUT2D eigenvalue weighted by Crippen LogP contribution is -2.04. The molecule has 0 spiro atoms. The van der Waals surface area contributed by atoms with Crippen molar-refractivity contribution in [1.82, 2.24) is 20.2 Å². The summed E-state index contributed by atoms with van der Waals surface area (Å²) in [6.07, 6.45) is 2.02. The Labute approximate surface area is 105 Å². The van der Waals surface area contributed by atoms with E-state index in [1.54, 1.807) is 6.92 Å². The predicted octanol–water partition coefficient (Wildman–Crippen LogP) is 1.33. The second kappa shape index (κ2) is 5.54. The molecule has 0 aliphatic rings. The van der Waals surface area contributed by atoms with Gasteiger partial charge in [-0.05, 0) is 6.92 Å². The highest BCUT2D eigenvalue weighted by atomic mass is 32.2. The summed E-state index contributed by atoms with van der Waals surface area (Å²) in [5, 5.41) is 7.42. The minimum Gasteiger partial charge on any atom is -0.459 e. The first kappa shape index (κ1) is 12.4. The van der Waals surface area contributed by atoms with E-state index in [4.69, 9.17) is 4.42 Å². The average Bonchev–Trinajstić information content (AvgIpc) is 2.81. The van der Waals surface area contributed by atoms with Crippen molar-refractivity contribution < 1.29 is 18.3 Å². The summed E-state index contributed by atoms with van der Waals surface area (Å²) in [5.74, 6) is -1.49. The zero-order chi connectivity index (χ0) is 13.0. The van der Waals surface area contributed by atoms with E-state index in [1.807, 2.05) is 0 Å². The Hall–Kier alpha value is -2.03. The van der Waals surface area contributed by atoms with Gasteiger partial charge in [-0.25, -0.2) is 19.2 Å². The van der Waals surface area contributed by atoms with Crippen molar-refractivity contribution in [3.8, 4) is 0 Å². The number of nitrogens with zero attached hydrogens (tertiary/aromatic N) is 4. The normalized spacial score (nSPS) is 10.3. The molecule has 0 saturated carbocycles. The summed E-state index contributed by atoms with van der Waals surface area (Å²) in [5.41, 5.74) is 0. The standard InChI is InChI=1S/C9H7FN4O3S/c1-2-16-7(15)6-13-14-9(17-6)18-8-11-3-5(10)4-12-8/h3-4H,2H2,1H3. The van der Waals surface area contributed by atoms with Crippen LogP contribution in [0.3, 0.4) is 0 Å². The third kappa shape index (κ3) is 3.00. The fourth-order valence-corrected chi connectivity index (χ4v) is 1.53. The number of halogens is 1. The summed E-state index contributed by atoms with van der Waals surface area (Å²) >= 11 is 0.916. The summed E-state index contributed by atoms with van der Waals surface area (Å²) < 4.78 is 22.3. The number of rotatable bonds is 4. The molecule has 18 heavy (non-hydrogen) atoms. The largest absolute Gasteiger partial charge is 0.459 e. The molecule has 7 nitrogen and oxygen atoms in total. The zero-order valence-electron chi connectivity index (χ0n) is 9.16. The molecule has 2 heterocycles. The van der Waals surface area contributed by atoms with Crippen molar-refractivity contribution in [3.05, 3.63) is 24.1 Å². The van der Waals surface area contributed by atoms with Gasteiger partial charge in [0.05, 0.1) is 19.0 Å². The molecule has 0 saturated heterocycles. The van der Waals surface area contributed by atoms with E-state index < -0.39 is 11.8 Å². The number of carbonyl (C=O) groups excluding carboxylic acids is 1. The van der Waals surface area contributed by atoms with E-state index in [2.05, 4.69) is 24.9 Å². The van der Waals surface area contributed by atoms with Gasteiger partial charge in [0, 0.05) is 11.8 Å². The SMILES string of the molecule is CCOC(=O)c1nnc(Sc2ncc(F)cn2)o1. The maximum atomic E-state index is 12.6. The molecule has 0 aliphatic carbocycles. The van der Waals surface area contributed by atoms with E-state index in [9.17, 15) is 9.18 Å². The minimum atomic E-state index is -0.697. The first-order valence-corrected chi connectivity index (χ1v) is 5.66. The molecular weight excluding hydrogens is 263 g/mol. The average molecular weight is 270 g/mol. The fourth-order valence-electron chi connectivity index (χ4n) is 0.958. The van der Waals surface area contributed by atoms with Gasteiger partial charge in [-0.15, -0.1) is 5.10 Å². The van der Waals surface area contributed by atoms with Crippen LogP contribution in [0.1, 0.15) is 17.6 Å². The maximum Gasteiger partial charge on any atom is 0.396 e. The fraction of sp³-hybridized carbons (Fsp3) is 0.222. The topological polar surface area (TPSA) is 91.0 Å². The maximum absolute atomic E-state index is 12.6. The first-order chi connectivity index (χ1) is 8.69. The summed E-state index contributed by atoms with van der Waals surface area (Å²) in [6, 6.07) is 0. The molecule has 0 amide bonds. The third-order valence-corrected chi connectivity index (χ3v) is 2.36. The van der Waals surface area contributed by atoms with Crippen molar-refractivity contribution in [2.45, 2.75) is 17.3 Å². The zero-order valence-corrected chi connectivity index (χ0v) is 9.98. The van der Waals surface area contributed by atoms with Crippen LogP contribution in [0.25, 0.3) is 0 Å². The molecule has 0 N–H and O–H groups in total. The molecule has 0 unspecified atom stereocenters. The van der Waals surface area contributed by atoms with E-state index in [0.717, 1.165) is 24.2 Å². The predicted molar refractivity (Wildman–Crippen MR) is 56.4 cm³/mol. The van der Waals surface area contributed by atoms with Gasteiger partial charge in [-0.1, -0.05) is 5.10 Å². The van der Waals surface area contributed by atoms with Crippen molar-refractivity contribution in [2.75, 3.05) is 6.61 Å². The highest BCUT2D eigenvalue weighted by Crippen LogP contribution is 2.22. The second-order valence-electron chi connectivity index (χ2n) is 2.88. The minimum absolute atomic E-state index is 0.0738. The Morgan fingerprint density at radius 3 is 2.83 bits per heavy atom. The molecule has 0 atom stereocenters. The number of esters is 1. The number of ether oxygens (including phenoxy) is 1.